The lowest BCUT2D eigenvalue weighted by Gasteiger charge is -2.38. The third-order valence-corrected chi connectivity index (χ3v) is 6.03. The van der Waals surface area contributed by atoms with E-state index in [-0.39, 0.29) is 23.8 Å². The summed E-state index contributed by atoms with van der Waals surface area (Å²) in [4.78, 5) is 31.5. The van der Waals surface area contributed by atoms with E-state index in [1.807, 2.05) is 19.1 Å². The van der Waals surface area contributed by atoms with Crippen molar-refractivity contribution in [2.24, 2.45) is 0 Å². The molecule has 1 aliphatic rings. The first-order chi connectivity index (χ1) is 14.8. The number of rotatable bonds is 5. The number of amides is 1. The number of hydrogen-bond donors (Lipinski definition) is 1. The number of aliphatic hydroxyl groups is 1. The van der Waals surface area contributed by atoms with Crippen LogP contribution in [0, 0.1) is 12.7 Å². The molecule has 1 N–H and O–H groups in total. The molecular formula is C24H26FN3O3. The van der Waals surface area contributed by atoms with Crippen LogP contribution in [-0.4, -0.2) is 44.2 Å². The van der Waals surface area contributed by atoms with Crippen molar-refractivity contribution >= 4 is 16.8 Å². The number of nitrogens with zero attached hydrogens (tertiary/aromatic N) is 3. The van der Waals surface area contributed by atoms with Crippen LogP contribution in [0.2, 0.25) is 0 Å². The summed E-state index contributed by atoms with van der Waals surface area (Å²) in [5.74, 6) is -0.271. The number of carbonyl (C=O) groups is 1. The van der Waals surface area contributed by atoms with Gasteiger partial charge < -0.3 is 10.0 Å². The molecule has 2 aromatic carbocycles. The van der Waals surface area contributed by atoms with Crippen LogP contribution in [0.15, 0.2) is 53.6 Å². The molecule has 4 rings (SSSR count). The van der Waals surface area contributed by atoms with E-state index < -0.39 is 5.60 Å². The molecule has 2 heterocycles. The number of piperidine rings is 1. The number of hydrogen-bond acceptors (Lipinski definition) is 4. The van der Waals surface area contributed by atoms with Gasteiger partial charge in [0.2, 0.25) is 5.91 Å². The largest absolute Gasteiger partial charge is 0.388 e. The summed E-state index contributed by atoms with van der Waals surface area (Å²) >= 11 is 0. The number of benzene rings is 2. The fourth-order valence-corrected chi connectivity index (χ4v) is 4.09. The number of aromatic nitrogens is 2. The van der Waals surface area contributed by atoms with Gasteiger partial charge in [-0.05, 0) is 61.6 Å². The van der Waals surface area contributed by atoms with E-state index in [1.165, 1.54) is 23.0 Å². The van der Waals surface area contributed by atoms with Crippen molar-refractivity contribution in [1.82, 2.24) is 14.5 Å². The van der Waals surface area contributed by atoms with Gasteiger partial charge in [-0.1, -0.05) is 18.2 Å². The van der Waals surface area contributed by atoms with Gasteiger partial charge >= 0.3 is 0 Å². The van der Waals surface area contributed by atoms with Crippen molar-refractivity contribution in [3.05, 3.63) is 76.1 Å². The average Bonchev–Trinajstić information content (AvgIpc) is 2.75. The van der Waals surface area contributed by atoms with Gasteiger partial charge in [-0.15, -0.1) is 0 Å². The number of halogens is 1. The molecule has 31 heavy (non-hydrogen) atoms. The van der Waals surface area contributed by atoms with E-state index in [0.717, 1.165) is 11.1 Å². The van der Waals surface area contributed by atoms with Crippen LogP contribution in [0.25, 0.3) is 10.9 Å². The fraction of sp³-hybridized carbons (Fsp3) is 0.375. The quantitative estimate of drug-likeness (QED) is 0.685. The van der Waals surface area contributed by atoms with Crippen molar-refractivity contribution in [3.8, 4) is 0 Å². The molecule has 0 radical (unpaired) electrons. The van der Waals surface area contributed by atoms with Crippen LogP contribution in [0.4, 0.5) is 4.39 Å². The lowest BCUT2D eigenvalue weighted by Crippen LogP contribution is -2.49. The average molecular weight is 423 g/mol. The molecule has 162 valence electrons. The smallest absolute Gasteiger partial charge is 0.261 e. The Balaban J connectivity index is 1.36. The highest BCUT2D eigenvalue weighted by Gasteiger charge is 2.34. The first-order valence-corrected chi connectivity index (χ1v) is 10.5. The van der Waals surface area contributed by atoms with Crippen molar-refractivity contribution in [1.29, 1.82) is 0 Å². The van der Waals surface area contributed by atoms with Gasteiger partial charge in [0, 0.05) is 19.5 Å². The van der Waals surface area contributed by atoms with E-state index >= 15 is 0 Å². The first-order valence-electron chi connectivity index (χ1n) is 10.5. The summed E-state index contributed by atoms with van der Waals surface area (Å²) in [6.45, 7) is 2.98. The maximum atomic E-state index is 13.0. The molecule has 6 nitrogen and oxygen atoms in total. The summed E-state index contributed by atoms with van der Waals surface area (Å²) in [7, 11) is 0. The normalized spacial score (nSPS) is 15.9. The zero-order valence-electron chi connectivity index (χ0n) is 17.6. The number of carbonyl (C=O) groups excluding carboxylic acids is 1. The zero-order chi connectivity index (χ0) is 22.0. The Labute approximate surface area is 180 Å². The van der Waals surface area contributed by atoms with Crippen molar-refractivity contribution in [2.45, 2.75) is 44.8 Å². The number of aryl methyl sites for hydroxylation is 2. The molecular weight excluding hydrogens is 397 g/mol. The molecule has 1 saturated heterocycles. The highest BCUT2D eigenvalue weighted by atomic mass is 19.1. The van der Waals surface area contributed by atoms with Gasteiger partial charge in [-0.2, -0.15) is 0 Å². The third kappa shape index (κ3) is 4.82. The molecule has 0 aliphatic carbocycles. The lowest BCUT2D eigenvalue weighted by molar-refractivity contribution is -0.135. The van der Waals surface area contributed by atoms with Crippen LogP contribution in [0.5, 0.6) is 0 Å². The molecule has 0 spiro atoms. The highest BCUT2D eigenvalue weighted by Crippen LogP contribution is 2.24. The molecule has 1 aromatic heterocycles. The first kappa shape index (κ1) is 21.2. The predicted molar refractivity (Wildman–Crippen MR) is 116 cm³/mol. The minimum absolute atomic E-state index is 0.0197. The summed E-state index contributed by atoms with van der Waals surface area (Å²) in [5, 5.41) is 11.6. The van der Waals surface area contributed by atoms with Gasteiger partial charge in [-0.3, -0.25) is 14.2 Å². The van der Waals surface area contributed by atoms with Crippen LogP contribution in [-0.2, 0) is 17.8 Å². The fourth-order valence-electron chi connectivity index (χ4n) is 4.09. The molecule has 0 bridgehead atoms. The van der Waals surface area contributed by atoms with Gasteiger partial charge in [0.25, 0.3) is 5.56 Å². The molecule has 0 unspecified atom stereocenters. The van der Waals surface area contributed by atoms with E-state index in [4.69, 9.17) is 0 Å². The Morgan fingerprint density at radius 2 is 1.87 bits per heavy atom. The standard InChI is InChI=1S/C24H26FN3O3/c1-17-2-8-20-21(14-17)26-16-28(23(20)30)15-24(31)10-12-27(13-11-24)22(29)9-5-18-3-6-19(25)7-4-18/h2-4,6-8,14,16,31H,5,9-13,15H2,1H3. The predicted octanol–water partition coefficient (Wildman–Crippen LogP) is 2.83. The summed E-state index contributed by atoms with van der Waals surface area (Å²) in [5.41, 5.74) is 1.37. The van der Waals surface area contributed by atoms with Gasteiger partial charge in [-0.25, -0.2) is 9.37 Å². The SMILES string of the molecule is Cc1ccc2c(=O)n(CC3(O)CCN(C(=O)CCc4ccc(F)cc4)CC3)cnc2c1. The molecule has 7 heteroatoms. The van der Waals surface area contributed by atoms with E-state index in [1.54, 1.807) is 23.1 Å². The summed E-state index contributed by atoms with van der Waals surface area (Å²) in [6.07, 6.45) is 3.18. The summed E-state index contributed by atoms with van der Waals surface area (Å²) < 4.78 is 14.5. The lowest BCUT2D eigenvalue weighted by atomic mass is 9.91. The maximum absolute atomic E-state index is 13.0. The van der Waals surface area contributed by atoms with Gasteiger partial charge in [0.1, 0.15) is 5.82 Å². The second-order valence-electron chi connectivity index (χ2n) is 8.43. The van der Waals surface area contributed by atoms with Crippen molar-refractivity contribution in [3.63, 3.8) is 0 Å². The topological polar surface area (TPSA) is 75.4 Å². The Morgan fingerprint density at radius 3 is 2.58 bits per heavy atom. The Bertz CT molecular complexity index is 1150. The minimum atomic E-state index is -1.06. The molecule has 0 saturated carbocycles. The Hall–Kier alpha value is -3.06. The van der Waals surface area contributed by atoms with E-state index in [9.17, 15) is 19.1 Å². The van der Waals surface area contributed by atoms with E-state index in [2.05, 4.69) is 4.98 Å². The molecule has 0 atom stereocenters. The Kier molecular flexibility index (Phi) is 5.87. The van der Waals surface area contributed by atoms with Crippen molar-refractivity contribution in [2.75, 3.05) is 13.1 Å². The van der Waals surface area contributed by atoms with E-state index in [0.29, 0.717) is 49.7 Å². The van der Waals surface area contributed by atoms with Crippen LogP contribution < -0.4 is 5.56 Å². The summed E-state index contributed by atoms with van der Waals surface area (Å²) in [6, 6.07) is 11.7. The minimum Gasteiger partial charge on any atom is -0.388 e. The number of likely N-dealkylation sites (tertiary alicyclic amines) is 1. The molecule has 1 amide bonds. The number of fused-ring (bicyclic) bond motifs is 1. The second-order valence-corrected chi connectivity index (χ2v) is 8.43. The van der Waals surface area contributed by atoms with Crippen LogP contribution in [0.3, 0.4) is 0 Å². The zero-order valence-corrected chi connectivity index (χ0v) is 17.6. The molecule has 1 fully saturated rings. The third-order valence-electron chi connectivity index (χ3n) is 6.03. The van der Waals surface area contributed by atoms with Crippen LogP contribution >= 0.6 is 0 Å². The van der Waals surface area contributed by atoms with Crippen LogP contribution in [0.1, 0.15) is 30.4 Å². The highest BCUT2D eigenvalue weighted by molar-refractivity contribution is 5.78. The maximum Gasteiger partial charge on any atom is 0.261 e. The van der Waals surface area contributed by atoms with Gasteiger partial charge in [0.05, 0.1) is 29.4 Å². The monoisotopic (exact) mass is 423 g/mol. The molecule has 1 aliphatic heterocycles. The van der Waals surface area contributed by atoms with Gasteiger partial charge in [0.15, 0.2) is 0 Å². The second kappa shape index (κ2) is 8.59. The van der Waals surface area contributed by atoms with Crippen molar-refractivity contribution < 1.29 is 14.3 Å². The molecule has 3 aromatic rings. The Morgan fingerprint density at radius 1 is 1.16 bits per heavy atom.